The van der Waals surface area contributed by atoms with Crippen molar-refractivity contribution in [2.75, 3.05) is 29.0 Å². The summed E-state index contributed by atoms with van der Waals surface area (Å²) in [4.78, 5) is 25.5. The van der Waals surface area contributed by atoms with E-state index in [2.05, 4.69) is 10.6 Å². The van der Waals surface area contributed by atoms with E-state index < -0.39 is 22.0 Å². The smallest absolute Gasteiger partial charge is 0.267 e. The van der Waals surface area contributed by atoms with E-state index in [1.807, 2.05) is 13.8 Å². The quantitative estimate of drug-likeness (QED) is 0.682. The predicted molar refractivity (Wildman–Crippen MR) is 120 cm³/mol. The Kier molecular flexibility index (Phi) is 6.76. The SMILES string of the molecule is CC(C)CNC(=O)c1ccccc1NC(=O)C1CN(S(C)(=O)=O)c2cc(Cl)ccc2O1. The molecule has 0 radical (unpaired) electrons. The number of anilines is 2. The van der Waals surface area contributed by atoms with Crippen LogP contribution in [0, 0.1) is 5.92 Å². The second kappa shape index (κ2) is 9.15. The predicted octanol–water partition coefficient (Wildman–Crippen LogP) is 2.89. The molecule has 1 heterocycles. The number of amides is 2. The lowest BCUT2D eigenvalue weighted by Gasteiger charge is -2.34. The zero-order chi connectivity index (χ0) is 22.8. The molecule has 2 N–H and O–H groups in total. The van der Waals surface area contributed by atoms with Gasteiger partial charge in [0.05, 0.1) is 29.7 Å². The molecule has 0 saturated carbocycles. The number of hydrogen-bond acceptors (Lipinski definition) is 5. The number of carbonyl (C=O) groups is 2. The van der Waals surface area contributed by atoms with Crippen molar-refractivity contribution in [3.05, 3.63) is 53.1 Å². The van der Waals surface area contributed by atoms with Crippen LogP contribution in [0.2, 0.25) is 5.02 Å². The number of para-hydroxylation sites is 1. The molecular weight excluding hydrogens is 442 g/mol. The highest BCUT2D eigenvalue weighted by molar-refractivity contribution is 7.92. The molecule has 0 fully saturated rings. The Morgan fingerprint density at radius 3 is 2.61 bits per heavy atom. The van der Waals surface area contributed by atoms with E-state index in [-0.39, 0.29) is 29.8 Å². The van der Waals surface area contributed by atoms with Crippen LogP contribution in [0.5, 0.6) is 5.75 Å². The normalized spacial score (nSPS) is 15.8. The largest absolute Gasteiger partial charge is 0.476 e. The molecule has 0 saturated heterocycles. The maximum absolute atomic E-state index is 12.9. The molecule has 0 spiro atoms. The molecule has 0 aliphatic carbocycles. The lowest BCUT2D eigenvalue weighted by Crippen LogP contribution is -2.48. The minimum absolute atomic E-state index is 0.222. The van der Waals surface area contributed by atoms with E-state index in [4.69, 9.17) is 16.3 Å². The number of benzene rings is 2. The van der Waals surface area contributed by atoms with Gasteiger partial charge in [-0.1, -0.05) is 37.6 Å². The molecule has 1 aliphatic heterocycles. The monoisotopic (exact) mass is 465 g/mol. The van der Waals surface area contributed by atoms with Crippen LogP contribution in [-0.2, 0) is 14.8 Å². The summed E-state index contributed by atoms with van der Waals surface area (Å²) < 4.78 is 31.4. The standard InChI is InChI=1S/C21H24ClN3O5S/c1-13(2)11-23-20(26)15-6-4-5-7-16(15)24-21(27)19-12-25(31(3,28)29)17-10-14(22)8-9-18(17)30-19/h4-10,13,19H,11-12H2,1-3H3,(H,23,26)(H,24,27). The number of sulfonamides is 1. The number of nitrogens with one attached hydrogen (secondary N) is 2. The van der Waals surface area contributed by atoms with Gasteiger partial charge in [-0.2, -0.15) is 0 Å². The van der Waals surface area contributed by atoms with Gasteiger partial charge in [-0.05, 0) is 36.2 Å². The average molecular weight is 466 g/mol. The van der Waals surface area contributed by atoms with Gasteiger partial charge in [0.25, 0.3) is 11.8 Å². The van der Waals surface area contributed by atoms with Crippen molar-refractivity contribution < 1.29 is 22.7 Å². The van der Waals surface area contributed by atoms with E-state index >= 15 is 0 Å². The fourth-order valence-corrected chi connectivity index (χ4v) is 4.14. The summed E-state index contributed by atoms with van der Waals surface area (Å²) in [7, 11) is -3.68. The third-order valence-corrected chi connectivity index (χ3v) is 5.97. The summed E-state index contributed by atoms with van der Waals surface area (Å²) in [6, 6.07) is 11.1. The molecule has 2 aromatic rings. The van der Waals surface area contributed by atoms with E-state index in [9.17, 15) is 18.0 Å². The van der Waals surface area contributed by atoms with Gasteiger partial charge in [0.15, 0.2) is 6.10 Å². The second-order valence-corrected chi connectivity index (χ2v) is 9.99. The van der Waals surface area contributed by atoms with Crippen LogP contribution in [0.3, 0.4) is 0 Å². The summed E-state index contributed by atoms with van der Waals surface area (Å²) in [5.74, 6) is -0.383. The molecule has 0 bridgehead atoms. The van der Waals surface area contributed by atoms with Gasteiger partial charge < -0.3 is 15.4 Å². The Morgan fingerprint density at radius 2 is 1.94 bits per heavy atom. The van der Waals surface area contributed by atoms with E-state index in [0.717, 1.165) is 10.6 Å². The number of carbonyl (C=O) groups excluding carboxylic acids is 2. The van der Waals surface area contributed by atoms with E-state index in [1.165, 1.54) is 12.1 Å². The Labute approximate surface area is 186 Å². The molecule has 8 nitrogen and oxygen atoms in total. The summed E-state index contributed by atoms with van der Waals surface area (Å²) in [6.07, 6.45) is -0.0676. The number of hydrogen-bond donors (Lipinski definition) is 2. The Balaban J connectivity index is 1.83. The van der Waals surface area contributed by atoms with E-state index in [1.54, 1.807) is 30.3 Å². The number of nitrogens with zero attached hydrogens (tertiary/aromatic N) is 1. The first-order valence-electron chi connectivity index (χ1n) is 9.68. The first-order valence-corrected chi connectivity index (χ1v) is 11.9. The minimum Gasteiger partial charge on any atom is -0.476 e. The number of fused-ring (bicyclic) bond motifs is 1. The van der Waals surface area contributed by atoms with Gasteiger partial charge >= 0.3 is 0 Å². The van der Waals surface area contributed by atoms with Gasteiger partial charge in [-0.25, -0.2) is 8.42 Å². The summed E-state index contributed by atoms with van der Waals surface area (Å²) >= 11 is 6.00. The highest BCUT2D eigenvalue weighted by atomic mass is 35.5. The third-order valence-electron chi connectivity index (χ3n) is 4.58. The minimum atomic E-state index is -3.68. The van der Waals surface area contributed by atoms with Crippen molar-refractivity contribution in [1.29, 1.82) is 0 Å². The molecule has 2 amide bonds. The van der Waals surface area contributed by atoms with Crippen LogP contribution >= 0.6 is 11.6 Å². The lowest BCUT2D eigenvalue weighted by atomic mass is 10.1. The Bertz CT molecular complexity index is 1100. The maximum Gasteiger partial charge on any atom is 0.267 e. The molecule has 1 aliphatic rings. The number of rotatable bonds is 6. The third kappa shape index (κ3) is 5.48. The highest BCUT2D eigenvalue weighted by Crippen LogP contribution is 2.37. The fourth-order valence-electron chi connectivity index (χ4n) is 3.07. The fraction of sp³-hybridized carbons (Fsp3) is 0.333. The van der Waals surface area contributed by atoms with Crippen molar-refractivity contribution in [3.8, 4) is 5.75 Å². The molecule has 3 rings (SSSR count). The van der Waals surface area contributed by atoms with Crippen LogP contribution in [0.25, 0.3) is 0 Å². The molecule has 166 valence electrons. The average Bonchev–Trinajstić information content (AvgIpc) is 2.70. The molecule has 1 unspecified atom stereocenters. The Morgan fingerprint density at radius 1 is 1.23 bits per heavy atom. The van der Waals surface area contributed by atoms with Crippen molar-refractivity contribution in [1.82, 2.24) is 5.32 Å². The van der Waals surface area contributed by atoms with Gasteiger partial charge in [0.1, 0.15) is 5.75 Å². The first-order chi connectivity index (χ1) is 14.6. The van der Waals surface area contributed by atoms with Gasteiger partial charge in [0.2, 0.25) is 10.0 Å². The summed E-state index contributed by atoms with van der Waals surface area (Å²) in [5.41, 5.74) is 0.886. The molecule has 1 atom stereocenters. The van der Waals surface area contributed by atoms with Gasteiger partial charge in [0, 0.05) is 11.6 Å². The zero-order valence-corrected chi connectivity index (χ0v) is 19.0. The van der Waals surface area contributed by atoms with Crippen molar-refractivity contribution in [3.63, 3.8) is 0 Å². The topological polar surface area (TPSA) is 105 Å². The van der Waals surface area contributed by atoms with Crippen LogP contribution in [0.4, 0.5) is 11.4 Å². The van der Waals surface area contributed by atoms with Gasteiger partial charge in [-0.15, -0.1) is 0 Å². The van der Waals surface area contributed by atoms with Crippen molar-refractivity contribution >= 4 is 44.8 Å². The van der Waals surface area contributed by atoms with Crippen LogP contribution in [0.1, 0.15) is 24.2 Å². The van der Waals surface area contributed by atoms with Crippen LogP contribution < -0.4 is 19.7 Å². The maximum atomic E-state index is 12.9. The van der Waals surface area contributed by atoms with Crippen LogP contribution in [-0.4, -0.2) is 45.7 Å². The first kappa shape index (κ1) is 22.9. The molecule has 31 heavy (non-hydrogen) atoms. The summed E-state index contributed by atoms with van der Waals surface area (Å²) in [5, 5.41) is 5.85. The number of ether oxygens (including phenoxy) is 1. The van der Waals surface area contributed by atoms with Crippen molar-refractivity contribution in [2.45, 2.75) is 20.0 Å². The van der Waals surface area contributed by atoms with Crippen molar-refractivity contribution in [2.24, 2.45) is 5.92 Å². The molecule has 10 heteroatoms. The van der Waals surface area contributed by atoms with Crippen LogP contribution in [0.15, 0.2) is 42.5 Å². The number of halogens is 1. The molecule has 0 aromatic heterocycles. The Hall–Kier alpha value is -2.78. The highest BCUT2D eigenvalue weighted by Gasteiger charge is 2.35. The summed E-state index contributed by atoms with van der Waals surface area (Å²) in [6.45, 7) is 4.23. The second-order valence-electron chi connectivity index (χ2n) is 7.65. The lowest BCUT2D eigenvalue weighted by molar-refractivity contribution is -0.122. The molecular formula is C21H24ClN3O5S. The zero-order valence-electron chi connectivity index (χ0n) is 17.4. The molecule has 2 aromatic carbocycles. The van der Waals surface area contributed by atoms with Gasteiger partial charge in [-0.3, -0.25) is 13.9 Å². The van der Waals surface area contributed by atoms with E-state index in [0.29, 0.717) is 22.8 Å².